The van der Waals surface area contributed by atoms with E-state index >= 15 is 0 Å². The number of methoxy groups -OCH3 is 1. The van der Waals surface area contributed by atoms with Crippen molar-refractivity contribution in [3.05, 3.63) is 0 Å². The molecule has 0 aromatic heterocycles. The van der Waals surface area contributed by atoms with Gasteiger partial charge < -0.3 is 4.74 Å². The quantitative estimate of drug-likeness (QED) is 0.375. The lowest BCUT2D eigenvalue weighted by Crippen LogP contribution is -2.38. The number of ether oxygens (including phenoxy) is 1. The first-order valence-corrected chi connectivity index (χ1v) is 11.3. The Hall–Kier alpha value is -0.0400. The first-order valence-electron chi connectivity index (χ1n) is 11.3. The molecule has 0 amide bonds. The molecule has 2 aliphatic rings. The lowest BCUT2D eigenvalue weighted by Gasteiger charge is -2.43. The zero-order valence-corrected chi connectivity index (χ0v) is 17.0. The van der Waals surface area contributed by atoms with E-state index in [9.17, 15) is 0 Å². The maximum absolute atomic E-state index is 6.03. The Morgan fingerprint density at radius 2 is 1.33 bits per heavy atom. The maximum Gasteiger partial charge on any atom is 0.0679 e. The summed E-state index contributed by atoms with van der Waals surface area (Å²) in [5, 5.41) is 0. The van der Waals surface area contributed by atoms with Crippen molar-refractivity contribution >= 4 is 0 Å². The van der Waals surface area contributed by atoms with E-state index in [0.29, 0.717) is 0 Å². The normalized spacial score (nSPS) is 34.4. The summed E-state index contributed by atoms with van der Waals surface area (Å²) in [6.45, 7) is 4.62. The van der Waals surface area contributed by atoms with E-state index < -0.39 is 0 Å². The molecule has 0 aromatic carbocycles. The number of hydrogen-bond donors (Lipinski definition) is 0. The summed E-state index contributed by atoms with van der Waals surface area (Å²) < 4.78 is 6.03. The van der Waals surface area contributed by atoms with Gasteiger partial charge >= 0.3 is 0 Å². The first-order chi connectivity index (χ1) is 11.7. The molecule has 2 fully saturated rings. The summed E-state index contributed by atoms with van der Waals surface area (Å²) in [6, 6.07) is 0. The topological polar surface area (TPSA) is 9.23 Å². The Morgan fingerprint density at radius 1 is 0.750 bits per heavy atom. The van der Waals surface area contributed by atoms with E-state index in [-0.39, 0.29) is 5.60 Å². The molecular formula is C23H44O. The van der Waals surface area contributed by atoms with Crippen LogP contribution in [0, 0.1) is 17.8 Å². The van der Waals surface area contributed by atoms with E-state index in [4.69, 9.17) is 4.74 Å². The Morgan fingerprint density at radius 3 is 1.92 bits per heavy atom. The lowest BCUT2D eigenvalue weighted by molar-refractivity contribution is -0.0639. The Bertz CT molecular complexity index is 308. The lowest BCUT2D eigenvalue weighted by atomic mass is 9.67. The van der Waals surface area contributed by atoms with Gasteiger partial charge in [0.05, 0.1) is 5.60 Å². The third-order valence-electron chi connectivity index (χ3n) is 7.38. The van der Waals surface area contributed by atoms with Crippen molar-refractivity contribution in [2.75, 3.05) is 7.11 Å². The molecule has 1 heteroatoms. The zero-order chi connectivity index (χ0) is 17.3. The summed E-state index contributed by atoms with van der Waals surface area (Å²) in [6.07, 6.45) is 22.8. The summed E-state index contributed by atoms with van der Waals surface area (Å²) in [7, 11) is 1.97. The predicted octanol–water partition coefficient (Wildman–Crippen LogP) is 7.53. The molecule has 0 aromatic rings. The van der Waals surface area contributed by atoms with Crippen molar-refractivity contribution in [3.8, 4) is 0 Å². The highest BCUT2D eigenvalue weighted by Crippen LogP contribution is 2.45. The van der Waals surface area contributed by atoms with Crippen LogP contribution in [0.25, 0.3) is 0 Å². The van der Waals surface area contributed by atoms with Crippen molar-refractivity contribution < 1.29 is 4.74 Å². The number of hydrogen-bond acceptors (Lipinski definition) is 1. The molecule has 0 radical (unpaired) electrons. The van der Waals surface area contributed by atoms with Crippen LogP contribution < -0.4 is 0 Å². The average molecular weight is 337 g/mol. The van der Waals surface area contributed by atoms with Crippen LogP contribution in [0.1, 0.15) is 117 Å². The minimum Gasteiger partial charge on any atom is -0.378 e. The van der Waals surface area contributed by atoms with Crippen molar-refractivity contribution in [1.82, 2.24) is 0 Å². The van der Waals surface area contributed by atoms with Crippen LogP contribution in [0.15, 0.2) is 0 Å². The monoisotopic (exact) mass is 336 g/mol. The second-order valence-electron chi connectivity index (χ2n) is 8.96. The highest BCUT2D eigenvalue weighted by Gasteiger charge is 2.38. The Kier molecular flexibility index (Phi) is 9.16. The second-order valence-corrected chi connectivity index (χ2v) is 8.96. The molecule has 24 heavy (non-hydrogen) atoms. The maximum atomic E-state index is 6.03. The molecule has 142 valence electrons. The second kappa shape index (κ2) is 10.8. The zero-order valence-electron chi connectivity index (χ0n) is 17.0. The fourth-order valence-electron chi connectivity index (χ4n) is 5.52. The molecule has 0 aliphatic heterocycles. The summed E-state index contributed by atoms with van der Waals surface area (Å²) >= 11 is 0. The minimum atomic E-state index is 0.239. The minimum absolute atomic E-state index is 0.239. The standard InChI is InChI=1S/C23H44O/c1-4-6-8-10-20-11-13-21(14-12-20)22-15-18-23(24-3,19-16-22)17-9-7-5-2/h20-22H,4-19H2,1-3H3. The van der Waals surface area contributed by atoms with Crippen molar-refractivity contribution in [2.24, 2.45) is 17.8 Å². The van der Waals surface area contributed by atoms with Gasteiger partial charge in [-0.3, -0.25) is 0 Å². The number of rotatable bonds is 10. The van der Waals surface area contributed by atoms with Gasteiger partial charge in [0.2, 0.25) is 0 Å². The van der Waals surface area contributed by atoms with E-state index in [1.54, 1.807) is 0 Å². The molecule has 0 saturated heterocycles. The van der Waals surface area contributed by atoms with E-state index in [0.717, 1.165) is 17.8 Å². The van der Waals surface area contributed by atoms with E-state index in [2.05, 4.69) is 13.8 Å². The fraction of sp³-hybridized carbons (Fsp3) is 1.00. The van der Waals surface area contributed by atoms with Gasteiger partial charge in [0.15, 0.2) is 0 Å². The Labute approximate surface area is 152 Å². The molecule has 2 aliphatic carbocycles. The van der Waals surface area contributed by atoms with Gasteiger partial charge in [0.25, 0.3) is 0 Å². The predicted molar refractivity (Wildman–Crippen MR) is 105 cm³/mol. The van der Waals surface area contributed by atoms with Gasteiger partial charge in [0, 0.05) is 7.11 Å². The third kappa shape index (κ3) is 6.04. The third-order valence-corrected chi connectivity index (χ3v) is 7.38. The largest absolute Gasteiger partial charge is 0.378 e. The molecule has 0 heterocycles. The van der Waals surface area contributed by atoms with Crippen LogP contribution in [0.5, 0.6) is 0 Å². The molecule has 0 bridgehead atoms. The molecule has 1 nitrogen and oxygen atoms in total. The molecule has 2 saturated carbocycles. The highest BCUT2D eigenvalue weighted by molar-refractivity contribution is 4.90. The van der Waals surface area contributed by atoms with Crippen molar-refractivity contribution in [2.45, 2.75) is 122 Å². The van der Waals surface area contributed by atoms with Crippen LogP contribution in [-0.4, -0.2) is 12.7 Å². The molecule has 2 rings (SSSR count). The van der Waals surface area contributed by atoms with E-state index in [1.807, 2.05) is 7.11 Å². The highest BCUT2D eigenvalue weighted by atomic mass is 16.5. The average Bonchev–Trinajstić information content (AvgIpc) is 2.63. The van der Waals surface area contributed by atoms with Crippen LogP contribution in [-0.2, 0) is 4.74 Å². The fourth-order valence-corrected chi connectivity index (χ4v) is 5.52. The Balaban J connectivity index is 1.69. The van der Waals surface area contributed by atoms with Crippen molar-refractivity contribution in [3.63, 3.8) is 0 Å². The van der Waals surface area contributed by atoms with Gasteiger partial charge in [-0.05, 0) is 62.7 Å². The van der Waals surface area contributed by atoms with Crippen LogP contribution in [0.2, 0.25) is 0 Å². The van der Waals surface area contributed by atoms with Gasteiger partial charge in [-0.2, -0.15) is 0 Å². The molecule has 0 N–H and O–H groups in total. The van der Waals surface area contributed by atoms with Gasteiger partial charge in [-0.15, -0.1) is 0 Å². The molecule has 0 unspecified atom stereocenters. The first kappa shape index (κ1) is 20.3. The SMILES string of the molecule is CCCCCC1CCC(C2CCC(CCCCC)(OC)CC2)CC1. The summed E-state index contributed by atoms with van der Waals surface area (Å²) in [5.74, 6) is 3.11. The van der Waals surface area contributed by atoms with Crippen LogP contribution >= 0.6 is 0 Å². The van der Waals surface area contributed by atoms with Gasteiger partial charge in [0.1, 0.15) is 0 Å². The smallest absolute Gasteiger partial charge is 0.0679 e. The summed E-state index contributed by atoms with van der Waals surface area (Å²) in [5.41, 5.74) is 0.239. The molecular weight excluding hydrogens is 292 g/mol. The van der Waals surface area contributed by atoms with Gasteiger partial charge in [-0.1, -0.05) is 71.6 Å². The molecule has 0 spiro atoms. The number of unbranched alkanes of at least 4 members (excludes halogenated alkanes) is 4. The van der Waals surface area contributed by atoms with Gasteiger partial charge in [-0.25, -0.2) is 0 Å². The summed E-state index contributed by atoms with van der Waals surface area (Å²) in [4.78, 5) is 0. The molecule has 0 atom stereocenters. The van der Waals surface area contributed by atoms with Crippen molar-refractivity contribution in [1.29, 1.82) is 0 Å². The van der Waals surface area contributed by atoms with Crippen LogP contribution in [0.4, 0.5) is 0 Å². The van der Waals surface area contributed by atoms with Crippen LogP contribution in [0.3, 0.4) is 0 Å². The van der Waals surface area contributed by atoms with E-state index in [1.165, 1.54) is 103 Å².